The van der Waals surface area contributed by atoms with Gasteiger partial charge in [0.1, 0.15) is 0 Å². The van der Waals surface area contributed by atoms with E-state index in [2.05, 4.69) is 10.0 Å². The van der Waals surface area contributed by atoms with E-state index < -0.39 is 28.3 Å². The van der Waals surface area contributed by atoms with Gasteiger partial charge in [-0.05, 0) is 25.7 Å². The zero-order valence-corrected chi connectivity index (χ0v) is 12.3. The predicted molar refractivity (Wildman–Crippen MR) is 68.7 cm³/mol. The lowest BCUT2D eigenvalue weighted by Gasteiger charge is -2.30. The van der Waals surface area contributed by atoms with Crippen LogP contribution in [0.4, 0.5) is 13.2 Å². The molecule has 0 bridgehead atoms. The molecule has 1 saturated carbocycles. The molecule has 1 aliphatic carbocycles. The van der Waals surface area contributed by atoms with Crippen LogP contribution in [0.3, 0.4) is 0 Å². The van der Waals surface area contributed by atoms with Crippen molar-refractivity contribution in [2.45, 2.75) is 44.0 Å². The number of sulfonamides is 1. The summed E-state index contributed by atoms with van der Waals surface area (Å²) in [4.78, 5) is 0. The molecule has 1 rings (SSSR count). The van der Waals surface area contributed by atoms with Crippen molar-refractivity contribution >= 4 is 10.0 Å². The Morgan fingerprint density at radius 2 is 1.90 bits per heavy atom. The maximum Gasteiger partial charge on any atom is 0.418 e. The lowest BCUT2D eigenvalue weighted by molar-refractivity contribution is -0.250. The van der Waals surface area contributed by atoms with Gasteiger partial charge < -0.3 is 10.4 Å². The average molecular weight is 318 g/mol. The minimum Gasteiger partial charge on any atom is -0.380 e. The van der Waals surface area contributed by atoms with Crippen LogP contribution in [-0.4, -0.2) is 50.7 Å². The van der Waals surface area contributed by atoms with Gasteiger partial charge in [0.25, 0.3) is 0 Å². The van der Waals surface area contributed by atoms with Gasteiger partial charge in [-0.1, -0.05) is 6.42 Å². The Morgan fingerprint density at radius 3 is 2.40 bits per heavy atom. The van der Waals surface area contributed by atoms with Crippen molar-refractivity contribution in [3.8, 4) is 0 Å². The smallest absolute Gasteiger partial charge is 0.380 e. The van der Waals surface area contributed by atoms with Gasteiger partial charge >= 0.3 is 6.18 Å². The lowest BCUT2D eigenvalue weighted by atomic mass is 10.0. The summed E-state index contributed by atoms with van der Waals surface area (Å²) in [6, 6.07) is -0.224. The molecule has 0 aromatic heterocycles. The molecule has 0 spiro atoms. The molecule has 3 N–H and O–H groups in total. The number of hydrogen-bond donors (Lipinski definition) is 3. The van der Waals surface area contributed by atoms with E-state index in [4.69, 9.17) is 0 Å². The monoisotopic (exact) mass is 318 g/mol. The molecule has 0 saturated heterocycles. The molecular weight excluding hydrogens is 297 g/mol. The van der Waals surface area contributed by atoms with Crippen molar-refractivity contribution in [3.63, 3.8) is 0 Å². The first-order valence-electron chi connectivity index (χ1n) is 6.39. The summed E-state index contributed by atoms with van der Waals surface area (Å²) in [5.74, 6) is -0.0613. The highest BCUT2D eigenvalue weighted by Gasteiger charge is 2.50. The number of alkyl halides is 3. The second kappa shape index (κ2) is 6.17. The second-order valence-electron chi connectivity index (χ2n) is 5.57. The molecule has 3 atom stereocenters. The Kier molecular flexibility index (Phi) is 5.45. The molecule has 9 heteroatoms. The van der Waals surface area contributed by atoms with Crippen molar-refractivity contribution in [3.05, 3.63) is 0 Å². The van der Waals surface area contributed by atoms with Gasteiger partial charge in [0.15, 0.2) is 5.60 Å². The molecule has 1 aliphatic rings. The molecule has 0 unspecified atom stereocenters. The van der Waals surface area contributed by atoms with Crippen LogP contribution in [0.5, 0.6) is 0 Å². The number of aliphatic hydroxyl groups is 1. The quantitative estimate of drug-likeness (QED) is 0.670. The maximum atomic E-state index is 12.5. The van der Waals surface area contributed by atoms with E-state index in [9.17, 15) is 26.7 Å². The minimum absolute atomic E-state index is 0.0613. The fraction of sp³-hybridized carbons (Fsp3) is 1.00. The molecule has 0 aromatic rings. The summed E-state index contributed by atoms with van der Waals surface area (Å²) in [7, 11) is -3.31. The SMILES string of the molecule is C[C@](O)(CN[C@H]1CCC[C@H]1CNS(C)(=O)=O)C(F)(F)F. The van der Waals surface area contributed by atoms with E-state index in [0.29, 0.717) is 6.42 Å². The Balaban J connectivity index is 2.50. The molecule has 0 aromatic carbocycles. The largest absolute Gasteiger partial charge is 0.418 e. The van der Waals surface area contributed by atoms with E-state index >= 15 is 0 Å². The van der Waals surface area contributed by atoms with Crippen LogP contribution >= 0.6 is 0 Å². The van der Waals surface area contributed by atoms with Gasteiger partial charge in [-0.15, -0.1) is 0 Å². The summed E-state index contributed by atoms with van der Waals surface area (Å²) in [5, 5.41) is 12.1. The summed E-state index contributed by atoms with van der Waals surface area (Å²) in [6.45, 7) is 0.319. The molecule has 5 nitrogen and oxygen atoms in total. The van der Waals surface area contributed by atoms with E-state index in [1.807, 2.05) is 0 Å². The maximum absolute atomic E-state index is 12.5. The zero-order valence-electron chi connectivity index (χ0n) is 11.5. The van der Waals surface area contributed by atoms with Gasteiger partial charge in [0.05, 0.1) is 6.26 Å². The van der Waals surface area contributed by atoms with Crippen molar-refractivity contribution < 1.29 is 26.7 Å². The highest BCUT2D eigenvalue weighted by molar-refractivity contribution is 7.88. The number of halogens is 3. The van der Waals surface area contributed by atoms with Crippen LogP contribution in [0.2, 0.25) is 0 Å². The fourth-order valence-electron chi connectivity index (χ4n) is 2.24. The Hall–Kier alpha value is -0.380. The topological polar surface area (TPSA) is 78.4 Å². The van der Waals surface area contributed by atoms with Crippen LogP contribution in [0, 0.1) is 5.92 Å². The number of rotatable bonds is 6. The summed E-state index contributed by atoms with van der Waals surface area (Å²) < 4.78 is 62.0. The highest BCUT2D eigenvalue weighted by Crippen LogP contribution is 2.31. The molecule has 120 valence electrons. The van der Waals surface area contributed by atoms with Crippen LogP contribution in [-0.2, 0) is 10.0 Å². The highest BCUT2D eigenvalue weighted by atomic mass is 32.2. The summed E-state index contributed by atoms with van der Waals surface area (Å²) in [5.41, 5.74) is -2.79. The van der Waals surface area contributed by atoms with Gasteiger partial charge in [0.2, 0.25) is 10.0 Å². The first kappa shape index (κ1) is 17.7. The third-order valence-electron chi connectivity index (χ3n) is 3.59. The van der Waals surface area contributed by atoms with Crippen molar-refractivity contribution in [1.82, 2.24) is 10.0 Å². The standard InChI is InChI=1S/C11H21F3N2O3S/c1-10(17,11(12,13)14)7-15-9-5-3-4-8(9)6-16-20(2,18)19/h8-9,15-17H,3-7H2,1-2H3/t8-,9-,10-/m0/s1. The molecule has 1 fully saturated rings. The van der Waals surface area contributed by atoms with Crippen LogP contribution < -0.4 is 10.0 Å². The molecule has 0 amide bonds. The Morgan fingerprint density at radius 1 is 1.30 bits per heavy atom. The van der Waals surface area contributed by atoms with E-state index in [-0.39, 0.29) is 18.5 Å². The van der Waals surface area contributed by atoms with Crippen molar-refractivity contribution in [1.29, 1.82) is 0 Å². The van der Waals surface area contributed by atoms with E-state index in [0.717, 1.165) is 26.0 Å². The minimum atomic E-state index is -4.70. The molecule has 0 radical (unpaired) electrons. The Labute approximate surface area is 117 Å². The van der Waals surface area contributed by atoms with E-state index in [1.165, 1.54) is 0 Å². The van der Waals surface area contributed by atoms with Crippen molar-refractivity contribution in [2.24, 2.45) is 5.92 Å². The molecule has 0 aliphatic heterocycles. The predicted octanol–water partition coefficient (Wildman–Crippen LogP) is 0.607. The van der Waals surface area contributed by atoms with E-state index in [1.54, 1.807) is 0 Å². The number of nitrogens with one attached hydrogen (secondary N) is 2. The third-order valence-corrected chi connectivity index (χ3v) is 4.28. The Bertz CT molecular complexity index is 423. The summed E-state index contributed by atoms with van der Waals surface area (Å²) >= 11 is 0. The first-order valence-corrected chi connectivity index (χ1v) is 8.29. The number of hydrogen-bond acceptors (Lipinski definition) is 4. The van der Waals surface area contributed by atoms with Gasteiger partial charge in [-0.2, -0.15) is 13.2 Å². The normalized spacial score (nSPS) is 27.5. The third kappa shape index (κ3) is 5.19. The van der Waals surface area contributed by atoms with Crippen LogP contribution in [0.25, 0.3) is 0 Å². The van der Waals surface area contributed by atoms with Gasteiger partial charge in [0, 0.05) is 19.1 Å². The summed E-state index contributed by atoms with van der Waals surface area (Å²) in [6.07, 6.45) is -1.42. The molecule has 0 heterocycles. The van der Waals surface area contributed by atoms with Gasteiger partial charge in [-0.3, -0.25) is 0 Å². The lowest BCUT2D eigenvalue weighted by Crippen LogP contribution is -2.53. The zero-order chi connectivity index (χ0) is 15.6. The molecule has 20 heavy (non-hydrogen) atoms. The second-order valence-corrected chi connectivity index (χ2v) is 7.40. The van der Waals surface area contributed by atoms with Crippen LogP contribution in [0.15, 0.2) is 0 Å². The first-order chi connectivity index (χ1) is 8.92. The van der Waals surface area contributed by atoms with Crippen LogP contribution in [0.1, 0.15) is 26.2 Å². The molecular formula is C11H21F3N2O3S. The van der Waals surface area contributed by atoms with Crippen molar-refractivity contribution in [2.75, 3.05) is 19.3 Å². The fourth-order valence-corrected chi connectivity index (χ4v) is 2.76. The van der Waals surface area contributed by atoms with Gasteiger partial charge in [-0.25, -0.2) is 13.1 Å². The average Bonchev–Trinajstić information content (AvgIpc) is 2.68.